The van der Waals surface area contributed by atoms with Gasteiger partial charge in [-0.1, -0.05) is 13.3 Å². The molecule has 1 saturated carbocycles. The van der Waals surface area contributed by atoms with Crippen molar-refractivity contribution in [2.45, 2.75) is 38.6 Å². The average Bonchev–Trinajstić information content (AvgIpc) is 2.72. The third kappa shape index (κ3) is 2.51. The van der Waals surface area contributed by atoms with Gasteiger partial charge in [-0.25, -0.2) is 0 Å². The molecule has 2 fully saturated rings. The third-order valence-corrected chi connectivity index (χ3v) is 3.96. The van der Waals surface area contributed by atoms with Crippen molar-refractivity contribution in [3.63, 3.8) is 0 Å². The summed E-state index contributed by atoms with van der Waals surface area (Å²) in [5.41, 5.74) is 0. The number of likely N-dealkylation sites (tertiary alicyclic amines) is 1. The van der Waals surface area contributed by atoms with E-state index in [1.807, 2.05) is 0 Å². The van der Waals surface area contributed by atoms with E-state index < -0.39 is 0 Å². The van der Waals surface area contributed by atoms with Gasteiger partial charge in [0.25, 0.3) is 0 Å². The molecule has 2 unspecified atom stereocenters. The van der Waals surface area contributed by atoms with Crippen molar-refractivity contribution in [2.75, 3.05) is 19.6 Å². The van der Waals surface area contributed by atoms with Gasteiger partial charge in [0.15, 0.2) is 0 Å². The minimum atomic E-state index is 0.464. The van der Waals surface area contributed by atoms with Crippen molar-refractivity contribution >= 4 is 6.41 Å². The third-order valence-electron chi connectivity index (χ3n) is 3.96. The lowest BCUT2D eigenvalue weighted by Crippen LogP contribution is -2.29. The Bertz CT molecular complexity index is 206. The zero-order valence-corrected chi connectivity index (χ0v) is 9.61. The number of nitrogens with zero attached hydrogens (tertiary/aromatic N) is 1. The number of hydrogen-bond donors (Lipinski definition) is 1. The maximum absolute atomic E-state index is 10.4. The Labute approximate surface area is 92.2 Å². The molecular formula is C12H22N2O. The fourth-order valence-electron chi connectivity index (χ4n) is 3.19. The van der Waals surface area contributed by atoms with Gasteiger partial charge in [0.2, 0.25) is 6.41 Å². The van der Waals surface area contributed by atoms with Crippen LogP contribution in [-0.4, -0.2) is 37.0 Å². The van der Waals surface area contributed by atoms with Gasteiger partial charge in [-0.2, -0.15) is 0 Å². The lowest BCUT2D eigenvalue weighted by molar-refractivity contribution is -0.110. The maximum Gasteiger partial charge on any atom is 0.207 e. The monoisotopic (exact) mass is 210 g/mol. The normalized spacial score (nSPS) is 35.4. The highest BCUT2D eigenvalue weighted by Crippen LogP contribution is 2.37. The topological polar surface area (TPSA) is 32.3 Å². The fraction of sp³-hybridized carbons (Fsp3) is 0.917. The molecule has 0 aromatic rings. The molecule has 3 nitrogen and oxygen atoms in total. The second-order valence-corrected chi connectivity index (χ2v) is 5.09. The quantitative estimate of drug-likeness (QED) is 0.693. The molecule has 86 valence electrons. The van der Waals surface area contributed by atoms with E-state index in [4.69, 9.17) is 0 Å². The van der Waals surface area contributed by atoms with Crippen LogP contribution in [0.15, 0.2) is 0 Å². The molecular weight excluding hydrogens is 188 g/mol. The molecule has 3 heteroatoms. The molecule has 1 amide bonds. The second-order valence-electron chi connectivity index (χ2n) is 5.09. The molecule has 15 heavy (non-hydrogen) atoms. The largest absolute Gasteiger partial charge is 0.356 e. The minimum Gasteiger partial charge on any atom is -0.356 e. The summed E-state index contributed by atoms with van der Waals surface area (Å²) in [6.45, 7) is 6.06. The Kier molecular flexibility index (Phi) is 3.62. The molecule has 0 radical (unpaired) electrons. The predicted octanol–water partition coefficient (Wildman–Crippen LogP) is 1.24. The number of unbranched alkanes of at least 4 members (excludes halogenated alkanes) is 1. The summed E-state index contributed by atoms with van der Waals surface area (Å²) >= 11 is 0. The highest BCUT2D eigenvalue weighted by molar-refractivity contribution is 5.46. The first-order valence-electron chi connectivity index (χ1n) is 6.25. The standard InChI is InChI=1S/C12H22N2O/c1-2-3-4-14-7-10-5-12(13-9-15)6-11(10)8-14/h9-12H,2-8H2,1H3,(H,13,15). The summed E-state index contributed by atoms with van der Waals surface area (Å²) in [5, 5.41) is 2.93. The van der Waals surface area contributed by atoms with E-state index in [-0.39, 0.29) is 0 Å². The summed E-state index contributed by atoms with van der Waals surface area (Å²) in [6, 6.07) is 0.464. The number of carbonyl (C=O) groups is 1. The summed E-state index contributed by atoms with van der Waals surface area (Å²) < 4.78 is 0. The van der Waals surface area contributed by atoms with E-state index in [2.05, 4.69) is 17.1 Å². The predicted molar refractivity (Wildman–Crippen MR) is 60.5 cm³/mol. The summed E-state index contributed by atoms with van der Waals surface area (Å²) in [4.78, 5) is 13.0. The first kappa shape index (κ1) is 10.9. The van der Waals surface area contributed by atoms with Gasteiger partial charge < -0.3 is 10.2 Å². The number of hydrogen-bond acceptors (Lipinski definition) is 2. The Morgan fingerprint density at radius 1 is 1.33 bits per heavy atom. The average molecular weight is 210 g/mol. The van der Waals surface area contributed by atoms with Crippen LogP contribution in [0.5, 0.6) is 0 Å². The van der Waals surface area contributed by atoms with E-state index in [0.29, 0.717) is 6.04 Å². The first-order valence-corrected chi connectivity index (χ1v) is 6.25. The highest BCUT2D eigenvalue weighted by atomic mass is 16.1. The zero-order chi connectivity index (χ0) is 10.7. The van der Waals surface area contributed by atoms with Gasteiger partial charge in [-0.15, -0.1) is 0 Å². The molecule has 1 heterocycles. The van der Waals surface area contributed by atoms with Gasteiger partial charge in [0.1, 0.15) is 0 Å². The lowest BCUT2D eigenvalue weighted by atomic mass is 10.0. The number of carbonyl (C=O) groups excluding carboxylic acids is 1. The smallest absolute Gasteiger partial charge is 0.207 e. The molecule has 1 saturated heterocycles. The summed E-state index contributed by atoms with van der Waals surface area (Å²) in [5.74, 6) is 1.69. The van der Waals surface area contributed by atoms with E-state index in [0.717, 1.165) is 18.2 Å². The first-order chi connectivity index (χ1) is 7.33. The van der Waals surface area contributed by atoms with Gasteiger partial charge in [0.05, 0.1) is 0 Å². The second kappa shape index (κ2) is 4.97. The molecule has 2 aliphatic rings. The Morgan fingerprint density at radius 2 is 2.00 bits per heavy atom. The van der Waals surface area contributed by atoms with Crippen molar-refractivity contribution < 1.29 is 4.79 Å². The van der Waals surface area contributed by atoms with Crippen molar-refractivity contribution in [1.29, 1.82) is 0 Å². The van der Waals surface area contributed by atoms with Crippen LogP contribution in [0.4, 0.5) is 0 Å². The highest BCUT2D eigenvalue weighted by Gasteiger charge is 2.40. The SMILES string of the molecule is CCCCN1CC2CC(NC=O)CC2C1. The van der Waals surface area contributed by atoms with Crippen molar-refractivity contribution in [1.82, 2.24) is 10.2 Å². The van der Waals surface area contributed by atoms with Gasteiger partial charge in [-0.3, -0.25) is 4.79 Å². The molecule has 2 atom stereocenters. The van der Waals surface area contributed by atoms with Gasteiger partial charge in [-0.05, 0) is 37.6 Å². The van der Waals surface area contributed by atoms with E-state index >= 15 is 0 Å². The van der Waals surface area contributed by atoms with Crippen LogP contribution in [0.2, 0.25) is 0 Å². The van der Waals surface area contributed by atoms with Crippen LogP contribution in [-0.2, 0) is 4.79 Å². The molecule has 0 spiro atoms. The number of fused-ring (bicyclic) bond motifs is 1. The van der Waals surface area contributed by atoms with Crippen LogP contribution in [0.3, 0.4) is 0 Å². The fourth-order valence-corrected chi connectivity index (χ4v) is 3.19. The summed E-state index contributed by atoms with van der Waals surface area (Å²) in [7, 11) is 0. The van der Waals surface area contributed by atoms with Crippen LogP contribution in [0.25, 0.3) is 0 Å². The Hall–Kier alpha value is -0.570. The molecule has 1 aliphatic carbocycles. The van der Waals surface area contributed by atoms with Crippen LogP contribution >= 0.6 is 0 Å². The Morgan fingerprint density at radius 3 is 2.53 bits per heavy atom. The minimum absolute atomic E-state index is 0.464. The molecule has 2 rings (SSSR count). The Balaban J connectivity index is 1.75. The number of rotatable bonds is 5. The number of amides is 1. The zero-order valence-electron chi connectivity index (χ0n) is 9.61. The molecule has 0 aromatic carbocycles. The number of nitrogens with one attached hydrogen (secondary N) is 1. The maximum atomic E-state index is 10.4. The van der Waals surface area contributed by atoms with E-state index in [1.54, 1.807) is 0 Å². The summed E-state index contributed by atoms with van der Waals surface area (Å²) in [6.07, 6.45) is 5.88. The van der Waals surface area contributed by atoms with Crippen LogP contribution in [0.1, 0.15) is 32.6 Å². The van der Waals surface area contributed by atoms with Crippen molar-refractivity contribution in [3.8, 4) is 0 Å². The van der Waals surface area contributed by atoms with Crippen LogP contribution in [0, 0.1) is 11.8 Å². The molecule has 1 aliphatic heterocycles. The van der Waals surface area contributed by atoms with Gasteiger partial charge >= 0.3 is 0 Å². The van der Waals surface area contributed by atoms with Crippen LogP contribution < -0.4 is 5.32 Å². The molecule has 0 aromatic heterocycles. The van der Waals surface area contributed by atoms with Gasteiger partial charge in [0, 0.05) is 19.1 Å². The lowest BCUT2D eigenvalue weighted by Gasteiger charge is -2.18. The van der Waals surface area contributed by atoms with E-state index in [1.165, 1.54) is 45.3 Å². The van der Waals surface area contributed by atoms with E-state index in [9.17, 15) is 4.79 Å². The van der Waals surface area contributed by atoms with Crippen molar-refractivity contribution in [2.24, 2.45) is 11.8 Å². The molecule has 1 N–H and O–H groups in total. The van der Waals surface area contributed by atoms with Crippen molar-refractivity contribution in [3.05, 3.63) is 0 Å². The molecule has 0 bridgehead atoms.